The third-order valence-corrected chi connectivity index (χ3v) is 5.90. The molecule has 1 heterocycles. The summed E-state index contributed by atoms with van der Waals surface area (Å²) in [6, 6.07) is 12.4. The van der Waals surface area contributed by atoms with E-state index >= 15 is 0 Å². The Hall–Kier alpha value is -2.07. The van der Waals surface area contributed by atoms with Gasteiger partial charge in [0.1, 0.15) is 0 Å². The number of hydrogen-bond acceptors (Lipinski definition) is 3. The molecule has 26 heavy (non-hydrogen) atoms. The van der Waals surface area contributed by atoms with Crippen LogP contribution in [0.2, 0.25) is 10.8 Å². The van der Waals surface area contributed by atoms with E-state index in [2.05, 4.69) is 0 Å². The van der Waals surface area contributed by atoms with Crippen molar-refractivity contribution >= 4 is 48.0 Å². The molecule has 0 saturated heterocycles. The number of ether oxygens (including phenoxy) is 1. The van der Waals surface area contributed by atoms with Crippen molar-refractivity contribution in [3.63, 3.8) is 0 Å². The number of hydrogen-bond donors (Lipinski definition) is 0. The third kappa shape index (κ3) is 3.43. The van der Waals surface area contributed by atoms with Crippen LogP contribution in [-0.2, 0) is 11.2 Å². The first-order chi connectivity index (χ1) is 12.5. The average molecular weight is 435 g/mol. The summed E-state index contributed by atoms with van der Waals surface area (Å²) in [5, 5.41) is 1.46. The van der Waals surface area contributed by atoms with Crippen LogP contribution in [0.5, 0.6) is 5.75 Å². The van der Waals surface area contributed by atoms with Crippen LogP contribution in [0.4, 0.5) is 0 Å². The summed E-state index contributed by atoms with van der Waals surface area (Å²) < 4.78 is 7.19. The van der Waals surface area contributed by atoms with Gasteiger partial charge in [-0.2, -0.15) is 0 Å². The Morgan fingerprint density at radius 2 is 1.85 bits per heavy atom. The number of carbonyl (C=O) groups is 2. The molecule has 0 spiro atoms. The molecule has 0 bridgehead atoms. The summed E-state index contributed by atoms with van der Waals surface area (Å²) in [5.74, 6) is 2.46. The first-order valence-corrected chi connectivity index (χ1v) is 11.0. The zero-order valence-electron chi connectivity index (χ0n) is 14.7. The average Bonchev–Trinajstić information content (AvgIpc) is 2.92. The molecule has 1 aromatic heterocycles. The second-order valence-corrected chi connectivity index (χ2v) is 8.10. The topological polar surface area (TPSA) is 48.3 Å². The summed E-state index contributed by atoms with van der Waals surface area (Å²) in [6.45, 7) is 1.88. The summed E-state index contributed by atoms with van der Waals surface area (Å²) in [5.41, 5.74) is 2.98. The van der Waals surface area contributed by atoms with Gasteiger partial charge in [-0.05, 0) is 0 Å². The van der Waals surface area contributed by atoms with Gasteiger partial charge in [0.05, 0.1) is 0 Å². The SMILES string of the molecule is COc1ccc2c(c1)c(CC(=O)[Se]C)c(C)n2C(=O)c1ccc(Cl)cc1. The molecule has 134 valence electrons. The van der Waals surface area contributed by atoms with Crippen molar-refractivity contribution in [2.24, 2.45) is 0 Å². The Kier molecular flexibility index (Phi) is 5.52. The minimum atomic E-state index is -0.143. The Bertz CT molecular complexity index is 992. The summed E-state index contributed by atoms with van der Waals surface area (Å²) in [6.07, 6.45) is 0.326. The van der Waals surface area contributed by atoms with Gasteiger partial charge in [-0.25, -0.2) is 0 Å². The molecule has 4 nitrogen and oxygen atoms in total. The van der Waals surface area contributed by atoms with Crippen molar-refractivity contribution in [3.8, 4) is 5.75 Å². The van der Waals surface area contributed by atoms with Crippen LogP contribution < -0.4 is 4.74 Å². The van der Waals surface area contributed by atoms with Gasteiger partial charge in [0.2, 0.25) is 0 Å². The maximum absolute atomic E-state index is 13.1. The Morgan fingerprint density at radius 3 is 2.46 bits per heavy atom. The molecule has 0 aliphatic rings. The van der Waals surface area contributed by atoms with Gasteiger partial charge in [0.15, 0.2) is 0 Å². The molecular formula is C20H18ClNO3Se. The predicted molar refractivity (Wildman–Crippen MR) is 105 cm³/mol. The van der Waals surface area contributed by atoms with E-state index in [1.807, 2.05) is 30.9 Å². The van der Waals surface area contributed by atoms with Crippen molar-refractivity contribution in [3.05, 3.63) is 64.3 Å². The fourth-order valence-corrected chi connectivity index (χ4v) is 3.74. The van der Waals surface area contributed by atoms with E-state index in [1.54, 1.807) is 35.9 Å². The van der Waals surface area contributed by atoms with Crippen molar-refractivity contribution in [2.75, 3.05) is 7.11 Å². The number of methoxy groups -OCH3 is 1. The number of benzene rings is 2. The molecule has 0 fully saturated rings. The third-order valence-electron chi connectivity index (χ3n) is 4.38. The van der Waals surface area contributed by atoms with E-state index < -0.39 is 0 Å². The van der Waals surface area contributed by atoms with Gasteiger partial charge in [-0.1, -0.05) is 0 Å². The van der Waals surface area contributed by atoms with Crippen molar-refractivity contribution < 1.29 is 14.3 Å². The fourth-order valence-electron chi connectivity index (χ4n) is 3.01. The number of carbonyl (C=O) groups excluding carboxylic acids is 2. The quantitative estimate of drug-likeness (QED) is 0.568. The van der Waals surface area contributed by atoms with E-state index in [0.29, 0.717) is 22.8 Å². The Labute approximate surface area is 163 Å². The first-order valence-electron chi connectivity index (χ1n) is 8.01. The number of rotatable bonds is 5. The van der Waals surface area contributed by atoms with Crippen LogP contribution in [0.3, 0.4) is 0 Å². The van der Waals surface area contributed by atoms with Crippen LogP contribution in [0, 0.1) is 6.92 Å². The molecule has 0 radical (unpaired) electrons. The van der Waals surface area contributed by atoms with Gasteiger partial charge in [-0.3, -0.25) is 0 Å². The zero-order chi connectivity index (χ0) is 18.8. The second kappa shape index (κ2) is 7.66. The molecule has 6 heteroatoms. The zero-order valence-corrected chi connectivity index (χ0v) is 17.2. The number of fused-ring (bicyclic) bond motifs is 1. The van der Waals surface area contributed by atoms with Crippen molar-refractivity contribution in [1.82, 2.24) is 4.57 Å². The Morgan fingerprint density at radius 1 is 1.15 bits per heavy atom. The number of halogens is 1. The van der Waals surface area contributed by atoms with Crippen LogP contribution >= 0.6 is 11.6 Å². The molecule has 0 aliphatic carbocycles. The van der Waals surface area contributed by atoms with Crippen LogP contribution in [-0.4, -0.2) is 37.2 Å². The van der Waals surface area contributed by atoms with Gasteiger partial charge in [0, 0.05) is 0 Å². The number of aromatic nitrogens is 1. The van der Waals surface area contributed by atoms with E-state index in [4.69, 9.17) is 16.3 Å². The predicted octanol–water partition coefficient (Wildman–Crippen LogP) is 4.12. The molecule has 0 aliphatic heterocycles. The van der Waals surface area contributed by atoms with Crippen molar-refractivity contribution in [1.29, 1.82) is 0 Å². The monoisotopic (exact) mass is 435 g/mol. The van der Waals surface area contributed by atoms with Crippen LogP contribution in [0.25, 0.3) is 10.9 Å². The van der Waals surface area contributed by atoms with Crippen LogP contribution in [0.15, 0.2) is 42.5 Å². The summed E-state index contributed by atoms with van der Waals surface area (Å²) in [7, 11) is 1.60. The molecular weight excluding hydrogens is 417 g/mol. The van der Waals surface area contributed by atoms with E-state index in [-0.39, 0.29) is 25.5 Å². The molecule has 3 rings (SSSR count). The molecule has 0 N–H and O–H groups in total. The van der Waals surface area contributed by atoms with Crippen molar-refractivity contribution in [2.45, 2.75) is 19.2 Å². The normalized spacial score (nSPS) is 10.9. The summed E-state index contributed by atoms with van der Waals surface area (Å²) in [4.78, 5) is 25.2. The van der Waals surface area contributed by atoms with E-state index in [0.717, 1.165) is 22.2 Å². The maximum atomic E-state index is 13.1. The molecule has 0 unspecified atom stereocenters. The molecule has 0 amide bonds. The molecule has 0 atom stereocenters. The van der Waals surface area contributed by atoms with E-state index in [1.165, 1.54) is 0 Å². The fraction of sp³-hybridized carbons (Fsp3) is 0.200. The molecule has 2 aromatic carbocycles. The van der Waals surface area contributed by atoms with Gasteiger partial charge in [-0.15, -0.1) is 0 Å². The molecule has 3 aromatic rings. The summed E-state index contributed by atoms with van der Waals surface area (Å²) >= 11 is 5.85. The van der Waals surface area contributed by atoms with Gasteiger partial charge >= 0.3 is 163 Å². The van der Waals surface area contributed by atoms with E-state index in [9.17, 15) is 9.59 Å². The Balaban J connectivity index is 2.21. The second-order valence-electron chi connectivity index (χ2n) is 5.85. The van der Waals surface area contributed by atoms with Crippen LogP contribution in [0.1, 0.15) is 21.6 Å². The van der Waals surface area contributed by atoms with Gasteiger partial charge < -0.3 is 0 Å². The molecule has 0 saturated carbocycles. The minimum absolute atomic E-state index is 0.0834. The number of nitrogens with zero attached hydrogens (tertiary/aromatic N) is 1. The first kappa shape index (κ1) is 18.7. The van der Waals surface area contributed by atoms with Gasteiger partial charge in [0.25, 0.3) is 0 Å². The standard InChI is InChI=1S/C20H18ClNO3Se/c1-12-16(11-19(23)26-3)17-10-15(25-2)8-9-18(17)22(12)20(24)13-4-6-14(21)7-5-13/h4-10H,11H2,1-3H3.